The summed E-state index contributed by atoms with van der Waals surface area (Å²) in [5.41, 5.74) is 3.35. The third-order valence-electron chi connectivity index (χ3n) is 4.47. The first-order valence-corrected chi connectivity index (χ1v) is 9.07. The molecule has 0 saturated heterocycles. The summed E-state index contributed by atoms with van der Waals surface area (Å²) in [7, 11) is 0. The average molecular weight is 352 g/mol. The molecule has 2 aromatic rings. The van der Waals surface area contributed by atoms with E-state index < -0.39 is 6.04 Å². The number of hydrogen-bond acceptors (Lipinski definition) is 2. The minimum Gasteiger partial charge on any atom is -0.340 e. The second kappa shape index (κ2) is 8.65. The molecule has 0 aliphatic heterocycles. The molecule has 0 aromatic heterocycles. The van der Waals surface area contributed by atoms with E-state index in [1.807, 2.05) is 63.2 Å². The maximum Gasteiger partial charge on any atom is 0.252 e. The van der Waals surface area contributed by atoms with Gasteiger partial charge in [-0.15, -0.1) is 0 Å². The van der Waals surface area contributed by atoms with Gasteiger partial charge in [0.15, 0.2) is 0 Å². The zero-order valence-electron chi connectivity index (χ0n) is 16.2. The first-order valence-electron chi connectivity index (χ1n) is 9.07. The number of anilines is 1. The van der Waals surface area contributed by atoms with Gasteiger partial charge < -0.3 is 10.6 Å². The summed E-state index contributed by atoms with van der Waals surface area (Å²) >= 11 is 0. The van der Waals surface area contributed by atoms with Crippen LogP contribution in [0.2, 0.25) is 0 Å². The van der Waals surface area contributed by atoms with Crippen molar-refractivity contribution >= 4 is 17.5 Å². The van der Waals surface area contributed by atoms with Gasteiger partial charge in [-0.2, -0.15) is 0 Å². The van der Waals surface area contributed by atoms with Gasteiger partial charge >= 0.3 is 0 Å². The highest BCUT2D eigenvalue weighted by molar-refractivity contribution is 6.02. The molecule has 4 nitrogen and oxygen atoms in total. The number of para-hydroxylation sites is 1. The first-order chi connectivity index (χ1) is 12.3. The Kier molecular flexibility index (Phi) is 6.56. The van der Waals surface area contributed by atoms with Gasteiger partial charge in [-0.3, -0.25) is 9.59 Å². The summed E-state index contributed by atoms with van der Waals surface area (Å²) in [6.45, 7) is 9.92. The van der Waals surface area contributed by atoms with Crippen molar-refractivity contribution in [2.24, 2.45) is 5.92 Å². The van der Waals surface area contributed by atoms with Crippen LogP contribution in [0, 0.1) is 12.8 Å². The molecule has 0 heterocycles. The molecule has 2 amide bonds. The summed E-state index contributed by atoms with van der Waals surface area (Å²) in [6, 6.07) is 14.5. The third-order valence-corrected chi connectivity index (χ3v) is 4.47. The lowest BCUT2D eigenvalue weighted by Gasteiger charge is -2.23. The lowest BCUT2D eigenvalue weighted by molar-refractivity contribution is -0.118. The van der Waals surface area contributed by atoms with Crippen LogP contribution in [0.15, 0.2) is 48.5 Å². The van der Waals surface area contributed by atoms with Crippen molar-refractivity contribution in [2.75, 3.05) is 5.32 Å². The first kappa shape index (κ1) is 19.7. The molecule has 0 aliphatic carbocycles. The molecule has 0 aliphatic rings. The molecule has 0 unspecified atom stereocenters. The number of benzene rings is 2. The topological polar surface area (TPSA) is 58.2 Å². The second-order valence-electron chi connectivity index (χ2n) is 7.24. The van der Waals surface area contributed by atoms with E-state index in [-0.39, 0.29) is 17.7 Å². The molecule has 26 heavy (non-hydrogen) atoms. The zero-order valence-corrected chi connectivity index (χ0v) is 16.2. The van der Waals surface area contributed by atoms with E-state index in [2.05, 4.69) is 24.5 Å². The van der Waals surface area contributed by atoms with Crippen molar-refractivity contribution in [3.05, 3.63) is 65.2 Å². The maximum atomic E-state index is 12.9. The van der Waals surface area contributed by atoms with E-state index in [0.717, 1.165) is 16.8 Å². The molecule has 0 radical (unpaired) electrons. The van der Waals surface area contributed by atoms with Gasteiger partial charge in [0.05, 0.1) is 0 Å². The van der Waals surface area contributed by atoms with Crippen molar-refractivity contribution in [2.45, 2.75) is 46.6 Å². The molecule has 0 spiro atoms. The number of hydrogen-bond donors (Lipinski definition) is 2. The van der Waals surface area contributed by atoms with Gasteiger partial charge in [-0.1, -0.05) is 64.1 Å². The smallest absolute Gasteiger partial charge is 0.252 e. The summed E-state index contributed by atoms with van der Waals surface area (Å²) in [4.78, 5) is 25.5. The van der Waals surface area contributed by atoms with Crippen LogP contribution < -0.4 is 10.6 Å². The fourth-order valence-corrected chi connectivity index (χ4v) is 2.91. The lowest BCUT2D eigenvalue weighted by Crippen LogP contribution is -2.47. The lowest BCUT2D eigenvalue weighted by atomic mass is 9.99. The molecule has 0 bridgehead atoms. The molecule has 0 fully saturated rings. The fraction of sp³-hybridized carbons (Fsp3) is 0.364. The molecule has 4 heteroatoms. The molecule has 138 valence electrons. The summed E-state index contributed by atoms with van der Waals surface area (Å²) < 4.78 is 0. The Bertz CT molecular complexity index is 781. The number of carbonyl (C=O) groups excluding carboxylic acids is 2. The Morgan fingerprint density at radius 1 is 0.885 bits per heavy atom. The highest BCUT2D eigenvalue weighted by atomic mass is 16.2. The van der Waals surface area contributed by atoms with Crippen LogP contribution in [0.5, 0.6) is 0 Å². The van der Waals surface area contributed by atoms with Crippen molar-refractivity contribution in [3.63, 3.8) is 0 Å². The Balaban J connectivity index is 2.18. The van der Waals surface area contributed by atoms with Crippen molar-refractivity contribution in [1.29, 1.82) is 0 Å². The van der Waals surface area contributed by atoms with E-state index >= 15 is 0 Å². The predicted molar refractivity (Wildman–Crippen MR) is 106 cm³/mol. The number of aryl methyl sites for hydroxylation is 1. The summed E-state index contributed by atoms with van der Waals surface area (Å²) in [5, 5.41) is 5.88. The normalized spacial score (nSPS) is 12.1. The van der Waals surface area contributed by atoms with Crippen molar-refractivity contribution < 1.29 is 9.59 Å². The Hall–Kier alpha value is -2.62. The van der Waals surface area contributed by atoms with Crippen LogP contribution in [0.3, 0.4) is 0 Å². The van der Waals surface area contributed by atoms with Gasteiger partial charge in [0, 0.05) is 11.3 Å². The predicted octanol–water partition coefficient (Wildman–Crippen LogP) is 4.51. The minimum atomic E-state index is -0.609. The maximum absolute atomic E-state index is 12.9. The average Bonchev–Trinajstić information content (AvgIpc) is 2.59. The largest absolute Gasteiger partial charge is 0.340 e. The fourth-order valence-electron chi connectivity index (χ4n) is 2.91. The van der Waals surface area contributed by atoms with Crippen LogP contribution in [-0.2, 0) is 4.79 Å². The molecular weight excluding hydrogens is 324 g/mol. The van der Waals surface area contributed by atoms with Gasteiger partial charge in [0.25, 0.3) is 5.91 Å². The number of rotatable bonds is 6. The Labute approximate surface area is 156 Å². The van der Waals surface area contributed by atoms with Crippen molar-refractivity contribution in [1.82, 2.24) is 5.32 Å². The number of carbonyl (C=O) groups is 2. The molecule has 1 atom stereocenters. The molecule has 2 N–H and O–H groups in total. The number of amides is 2. The van der Waals surface area contributed by atoms with E-state index in [0.29, 0.717) is 11.5 Å². The monoisotopic (exact) mass is 352 g/mol. The third kappa shape index (κ3) is 4.72. The van der Waals surface area contributed by atoms with Crippen LogP contribution in [-0.4, -0.2) is 17.9 Å². The van der Waals surface area contributed by atoms with Crippen LogP contribution >= 0.6 is 0 Å². The standard InChI is InChI=1S/C22H28N2O2/c1-14(2)17-11-8-9-13-19(17)23-22(26)20(15(3)4)24-21(25)18-12-7-6-10-16(18)5/h6-15,20H,1-5H3,(H,23,26)(H,24,25)/t20-/m0/s1. The van der Waals surface area contributed by atoms with Gasteiger partial charge in [-0.25, -0.2) is 0 Å². The highest BCUT2D eigenvalue weighted by Gasteiger charge is 2.26. The Morgan fingerprint density at radius 3 is 2.12 bits per heavy atom. The SMILES string of the molecule is Cc1ccccc1C(=O)N[C@H](C(=O)Nc1ccccc1C(C)C)C(C)C. The number of nitrogens with one attached hydrogen (secondary N) is 2. The zero-order chi connectivity index (χ0) is 19.3. The van der Waals surface area contributed by atoms with Gasteiger partial charge in [0.2, 0.25) is 5.91 Å². The highest BCUT2D eigenvalue weighted by Crippen LogP contribution is 2.24. The molecular formula is C22H28N2O2. The second-order valence-corrected chi connectivity index (χ2v) is 7.24. The molecule has 0 saturated carbocycles. The van der Waals surface area contributed by atoms with Crippen LogP contribution in [0.1, 0.15) is 55.1 Å². The van der Waals surface area contributed by atoms with Crippen molar-refractivity contribution in [3.8, 4) is 0 Å². The molecule has 2 rings (SSSR count). The Morgan fingerprint density at radius 2 is 1.50 bits per heavy atom. The van der Waals surface area contributed by atoms with E-state index in [4.69, 9.17) is 0 Å². The summed E-state index contributed by atoms with van der Waals surface area (Å²) in [5.74, 6) is -0.163. The van der Waals surface area contributed by atoms with Gasteiger partial charge in [0.1, 0.15) is 6.04 Å². The summed E-state index contributed by atoms with van der Waals surface area (Å²) in [6.07, 6.45) is 0. The minimum absolute atomic E-state index is 0.0332. The van der Waals surface area contributed by atoms with Gasteiger partial charge in [-0.05, 0) is 42.0 Å². The van der Waals surface area contributed by atoms with E-state index in [1.165, 1.54) is 0 Å². The van der Waals surface area contributed by atoms with Crippen LogP contribution in [0.25, 0.3) is 0 Å². The van der Waals surface area contributed by atoms with Crippen LogP contribution in [0.4, 0.5) is 5.69 Å². The molecule has 2 aromatic carbocycles. The van der Waals surface area contributed by atoms with E-state index in [9.17, 15) is 9.59 Å². The van der Waals surface area contributed by atoms with E-state index in [1.54, 1.807) is 6.07 Å². The quantitative estimate of drug-likeness (QED) is 0.803.